The summed E-state index contributed by atoms with van der Waals surface area (Å²) in [6.45, 7) is 2.36. The lowest BCUT2D eigenvalue weighted by Crippen LogP contribution is -2.36. The molecular weight excluding hydrogens is 322 g/mol. The molecule has 2 amide bonds. The largest absolute Gasteiger partial charge is 0.442 e. The van der Waals surface area contributed by atoms with Gasteiger partial charge in [-0.15, -0.1) is 0 Å². The number of ether oxygens (including phenoxy) is 1. The van der Waals surface area contributed by atoms with Crippen molar-refractivity contribution in [3.8, 4) is 0 Å². The summed E-state index contributed by atoms with van der Waals surface area (Å²) in [7, 11) is 1.65. The van der Waals surface area contributed by atoms with E-state index in [1.807, 2.05) is 30.3 Å². The highest BCUT2D eigenvalue weighted by Gasteiger charge is 2.34. The third-order valence-corrected chi connectivity index (χ3v) is 3.99. The average molecular weight is 341 g/mol. The van der Waals surface area contributed by atoms with Crippen LogP contribution in [-0.2, 0) is 4.74 Å². The van der Waals surface area contributed by atoms with Gasteiger partial charge in [0.25, 0.3) is 5.91 Å². The molecule has 8 heteroatoms. The SMILES string of the molecule is Cc1nc(N)ncc1C(=O)N(C)CC1CN(c2ccccc2)C(=O)O1. The standard InChI is InChI=1S/C17H19N5O3/c1-11-14(8-19-16(18)20-11)15(23)21(2)9-13-10-22(17(24)25-13)12-6-4-3-5-7-12/h3-8,13H,9-10H2,1-2H3,(H2,18,19,20). The molecule has 3 rings (SSSR count). The van der Waals surface area contributed by atoms with Crippen molar-refractivity contribution in [3.05, 3.63) is 47.8 Å². The van der Waals surface area contributed by atoms with Crippen LogP contribution < -0.4 is 10.6 Å². The van der Waals surface area contributed by atoms with Gasteiger partial charge in [-0.25, -0.2) is 14.8 Å². The van der Waals surface area contributed by atoms with E-state index in [4.69, 9.17) is 10.5 Å². The van der Waals surface area contributed by atoms with Crippen molar-refractivity contribution in [2.45, 2.75) is 13.0 Å². The average Bonchev–Trinajstić information content (AvgIpc) is 2.95. The van der Waals surface area contributed by atoms with Gasteiger partial charge in [0.1, 0.15) is 6.10 Å². The number of nitrogens with zero attached hydrogens (tertiary/aromatic N) is 4. The zero-order chi connectivity index (χ0) is 18.0. The van der Waals surface area contributed by atoms with Crippen LogP contribution >= 0.6 is 0 Å². The van der Waals surface area contributed by atoms with E-state index in [9.17, 15) is 9.59 Å². The minimum absolute atomic E-state index is 0.125. The molecule has 1 aliphatic heterocycles. The number of carbonyl (C=O) groups excluding carboxylic acids is 2. The fourth-order valence-electron chi connectivity index (χ4n) is 2.72. The molecule has 1 aromatic heterocycles. The quantitative estimate of drug-likeness (QED) is 0.903. The molecule has 0 saturated carbocycles. The predicted molar refractivity (Wildman–Crippen MR) is 92.2 cm³/mol. The molecule has 2 aromatic rings. The van der Waals surface area contributed by atoms with Crippen LogP contribution in [-0.4, -0.2) is 53.1 Å². The van der Waals surface area contributed by atoms with E-state index in [0.717, 1.165) is 5.69 Å². The molecule has 1 atom stereocenters. The number of aryl methyl sites for hydroxylation is 1. The summed E-state index contributed by atoms with van der Waals surface area (Å²) in [5.41, 5.74) is 7.17. The molecule has 8 nitrogen and oxygen atoms in total. The zero-order valence-electron chi connectivity index (χ0n) is 14.0. The van der Waals surface area contributed by atoms with Crippen LogP contribution in [0.2, 0.25) is 0 Å². The first-order valence-corrected chi connectivity index (χ1v) is 7.83. The van der Waals surface area contributed by atoms with E-state index in [1.165, 1.54) is 11.1 Å². The Hall–Kier alpha value is -3.16. The maximum absolute atomic E-state index is 12.5. The summed E-state index contributed by atoms with van der Waals surface area (Å²) in [6.07, 6.45) is 0.591. The molecule has 2 N–H and O–H groups in total. The Morgan fingerprint density at radius 2 is 2.12 bits per heavy atom. The van der Waals surface area contributed by atoms with Crippen molar-refractivity contribution in [2.75, 3.05) is 30.8 Å². The highest BCUT2D eigenvalue weighted by atomic mass is 16.6. The molecule has 1 aromatic carbocycles. The lowest BCUT2D eigenvalue weighted by atomic mass is 10.2. The van der Waals surface area contributed by atoms with Gasteiger partial charge in [0.2, 0.25) is 5.95 Å². The van der Waals surface area contributed by atoms with Gasteiger partial charge in [-0.1, -0.05) is 18.2 Å². The highest BCUT2D eigenvalue weighted by molar-refractivity contribution is 5.95. The van der Waals surface area contributed by atoms with Crippen LogP contribution in [0.5, 0.6) is 0 Å². The molecule has 1 saturated heterocycles. The topological polar surface area (TPSA) is 102 Å². The number of nitrogen functional groups attached to an aromatic ring is 1. The monoisotopic (exact) mass is 341 g/mol. The Morgan fingerprint density at radius 3 is 2.80 bits per heavy atom. The second-order valence-electron chi connectivity index (χ2n) is 5.86. The Bertz CT molecular complexity index is 796. The van der Waals surface area contributed by atoms with E-state index >= 15 is 0 Å². The molecule has 0 bridgehead atoms. The van der Waals surface area contributed by atoms with E-state index in [2.05, 4.69) is 9.97 Å². The van der Waals surface area contributed by atoms with E-state index in [-0.39, 0.29) is 18.4 Å². The second kappa shape index (κ2) is 6.76. The van der Waals surface area contributed by atoms with Gasteiger partial charge in [-0.05, 0) is 19.1 Å². The van der Waals surface area contributed by atoms with Gasteiger partial charge >= 0.3 is 6.09 Å². The fraction of sp³-hybridized carbons (Fsp3) is 0.294. The Balaban J connectivity index is 1.66. The number of hydrogen-bond acceptors (Lipinski definition) is 6. The second-order valence-corrected chi connectivity index (χ2v) is 5.86. The Morgan fingerprint density at radius 1 is 1.40 bits per heavy atom. The number of benzene rings is 1. The van der Waals surface area contributed by atoms with Gasteiger partial charge in [0.05, 0.1) is 24.3 Å². The lowest BCUT2D eigenvalue weighted by Gasteiger charge is -2.20. The van der Waals surface area contributed by atoms with Gasteiger partial charge in [0, 0.05) is 18.9 Å². The Labute approximate surface area is 145 Å². The van der Waals surface area contributed by atoms with Crippen LogP contribution in [0.1, 0.15) is 16.1 Å². The molecule has 2 heterocycles. The number of nitrogens with two attached hydrogens (primary N) is 1. The van der Waals surface area contributed by atoms with Crippen molar-refractivity contribution >= 4 is 23.6 Å². The number of anilines is 2. The van der Waals surface area contributed by atoms with Crippen molar-refractivity contribution < 1.29 is 14.3 Å². The van der Waals surface area contributed by atoms with E-state index in [0.29, 0.717) is 17.8 Å². The lowest BCUT2D eigenvalue weighted by molar-refractivity contribution is 0.0693. The summed E-state index contributed by atoms with van der Waals surface area (Å²) in [5.74, 6) is -0.119. The van der Waals surface area contributed by atoms with E-state index < -0.39 is 12.2 Å². The molecule has 0 aliphatic carbocycles. The fourth-order valence-corrected chi connectivity index (χ4v) is 2.72. The van der Waals surface area contributed by atoms with E-state index in [1.54, 1.807) is 18.9 Å². The van der Waals surface area contributed by atoms with Gasteiger partial charge in [-0.3, -0.25) is 9.69 Å². The number of aromatic nitrogens is 2. The third-order valence-electron chi connectivity index (χ3n) is 3.99. The number of likely N-dealkylation sites (N-methyl/N-ethyl adjacent to an activating group) is 1. The number of para-hydroxylation sites is 1. The first-order chi connectivity index (χ1) is 12.0. The maximum Gasteiger partial charge on any atom is 0.414 e. The first kappa shape index (κ1) is 16.7. The zero-order valence-corrected chi connectivity index (χ0v) is 14.0. The minimum atomic E-state index is -0.413. The van der Waals surface area contributed by atoms with Crippen LogP contribution in [0.25, 0.3) is 0 Å². The number of rotatable bonds is 4. The van der Waals surface area contributed by atoms with Crippen molar-refractivity contribution in [3.63, 3.8) is 0 Å². The van der Waals surface area contributed by atoms with Crippen molar-refractivity contribution in [2.24, 2.45) is 0 Å². The first-order valence-electron chi connectivity index (χ1n) is 7.83. The smallest absolute Gasteiger partial charge is 0.414 e. The third kappa shape index (κ3) is 3.52. The highest BCUT2D eigenvalue weighted by Crippen LogP contribution is 2.21. The molecule has 130 valence electrons. The van der Waals surface area contributed by atoms with Crippen LogP contribution in [0.15, 0.2) is 36.5 Å². The van der Waals surface area contributed by atoms with Crippen LogP contribution in [0, 0.1) is 6.92 Å². The number of carbonyl (C=O) groups is 2. The van der Waals surface area contributed by atoms with Gasteiger partial charge in [0.15, 0.2) is 0 Å². The summed E-state index contributed by atoms with van der Waals surface area (Å²) >= 11 is 0. The molecular formula is C17H19N5O3. The Kier molecular flexibility index (Phi) is 4.51. The molecule has 0 radical (unpaired) electrons. The van der Waals surface area contributed by atoms with Crippen molar-refractivity contribution in [1.82, 2.24) is 14.9 Å². The number of amides is 2. The summed E-state index contributed by atoms with van der Waals surface area (Å²) in [6, 6.07) is 9.28. The maximum atomic E-state index is 12.5. The molecule has 1 aliphatic rings. The van der Waals surface area contributed by atoms with Crippen molar-refractivity contribution in [1.29, 1.82) is 0 Å². The van der Waals surface area contributed by atoms with Crippen LogP contribution in [0.4, 0.5) is 16.4 Å². The summed E-state index contributed by atoms with van der Waals surface area (Å²) in [4.78, 5) is 35.5. The number of hydrogen-bond donors (Lipinski definition) is 1. The minimum Gasteiger partial charge on any atom is -0.442 e. The summed E-state index contributed by atoms with van der Waals surface area (Å²) in [5, 5.41) is 0. The number of cyclic esters (lactones) is 1. The summed E-state index contributed by atoms with van der Waals surface area (Å²) < 4.78 is 5.38. The van der Waals surface area contributed by atoms with Crippen LogP contribution in [0.3, 0.4) is 0 Å². The molecule has 1 unspecified atom stereocenters. The molecule has 0 spiro atoms. The molecule has 1 fully saturated rings. The normalized spacial score (nSPS) is 16.6. The van der Waals surface area contributed by atoms with Gasteiger partial charge in [-0.2, -0.15) is 0 Å². The van der Waals surface area contributed by atoms with Gasteiger partial charge < -0.3 is 15.4 Å². The molecule has 25 heavy (non-hydrogen) atoms. The predicted octanol–water partition coefficient (Wildman–Crippen LogP) is 1.46.